The molecule has 0 amide bonds. The highest BCUT2D eigenvalue weighted by atomic mass is 32.2. The molecule has 2 aromatic carbocycles. The van der Waals surface area contributed by atoms with E-state index in [4.69, 9.17) is 5.73 Å². The average molecular weight is 348 g/mol. The van der Waals surface area contributed by atoms with Gasteiger partial charge in [-0.1, -0.05) is 54.3 Å². The minimum Gasteiger partial charge on any atom is -0.399 e. The van der Waals surface area contributed by atoms with Crippen LogP contribution in [-0.4, -0.2) is 0 Å². The van der Waals surface area contributed by atoms with Crippen molar-refractivity contribution < 1.29 is 0 Å². The number of hydrogen-bond donors (Lipinski definition) is 1. The number of rotatable bonds is 5. The minimum absolute atomic E-state index is 0.872. The number of thioether (sulfide) groups is 1. The Morgan fingerprint density at radius 3 is 2.80 bits per heavy atom. The van der Waals surface area contributed by atoms with E-state index in [9.17, 15) is 0 Å². The van der Waals surface area contributed by atoms with Gasteiger partial charge in [0.2, 0.25) is 0 Å². The van der Waals surface area contributed by atoms with Gasteiger partial charge in [0.1, 0.15) is 0 Å². The van der Waals surface area contributed by atoms with Crippen molar-refractivity contribution in [3.8, 4) is 0 Å². The summed E-state index contributed by atoms with van der Waals surface area (Å²) in [6, 6.07) is 10.9. The van der Waals surface area contributed by atoms with Crippen LogP contribution in [0.25, 0.3) is 11.0 Å². The van der Waals surface area contributed by atoms with Crippen molar-refractivity contribution >= 4 is 28.4 Å². The molecular formula is C23H25NS. The van der Waals surface area contributed by atoms with Crippen LogP contribution in [0, 0.1) is 13.8 Å². The smallest absolute Gasteiger partial charge is 0.0346 e. The first-order valence-corrected chi connectivity index (χ1v) is 9.48. The fraction of sp³-hybridized carbons (Fsp3) is 0.217. The Balaban J connectivity index is 1.68. The van der Waals surface area contributed by atoms with Crippen LogP contribution in [0.5, 0.6) is 0 Å². The molecule has 0 saturated carbocycles. The number of aryl methyl sites for hydroxylation is 2. The standard InChI is InChI=1S/C23H25NS/c1-15(10-22-11-17(3)23(24)12-16(22)2)14-25-18(4)20-9-8-19-6-5-7-21(19)13-20/h5,7-9,11-14H,4,6,10,24H2,1-3H3/b15-14+. The van der Waals surface area contributed by atoms with Crippen molar-refractivity contribution in [3.05, 3.63) is 87.3 Å². The molecule has 0 atom stereocenters. The maximum absolute atomic E-state index is 5.99. The SMILES string of the molecule is C=C(S/C=C(\C)Cc1cc(C)c(N)cc1C)c1ccc2c(c1)C=CC2. The maximum atomic E-state index is 5.99. The van der Waals surface area contributed by atoms with E-state index in [1.165, 1.54) is 33.4 Å². The molecule has 1 aliphatic carbocycles. The molecule has 0 heterocycles. The van der Waals surface area contributed by atoms with Gasteiger partial charge in [0.05, 0.1) is 0 Å². The lowest BCUT2D eigenvalue weighted by Crippen LogP contribution is -1.96. The summed E-state index contributed by atoms with van der Waals surface area (Å²) in [7, 11) is 0. The van der Waals surface area contributed by atoms with E-state index in [2.05, 4.69) is 75.2 Å². The Hall–Kier alpha value is -2.19. The van der Waals surface area contributed by atoms with Gasteiger partial charge >= 0.3 is 0 Å². The van der Waals surface area contributed by atoms with Crippen LogP contribution in [0.2, 0.25) is 0 Å². The van der Waals surface area contributed by atoms with E-state index < -0.39 is 0 Å². The zero-order valence-corrected chi connectivity index (χ0v) is 16.0. The summed E-state index contributed by atoms with van der Waals surface area (Å²) in [5.74, 6) is 0. The van der Waals surface area contributed by atoms with E-state index in [0.717, 1.165) is 29.0 Å². The van der Waals surface area contributed by atoms with E-state index in [-0.39, 0.29) is 0 Å². The summed E-state index contributed by atoms with van der Waals surface area (Å²) >= 11 is 1.71. The molecule has 1 aliphatic rings. The molecule has 0 saturated heterocycles. The van der Waals surface area contributed by atoms with Crippen molar-refractivity contribution in [2.75, 3.05) is 5.73 Å². The third kappa shape index (κ3) is 4.08. The van der Waals surface area contributed by atoms with Crippen LogP contribution in [0.15, 0.2) is 54.0 Å². The summed E-state index contributed by atoms with van der Waals surface area (Å²) in [6.07, 6.45) is 6.41. The number of fused-ring (bicyclic) bond motifs is 1. The molecule has 0 bridgehead atoms. The van der Waals surface area contributed by atoms with Crippen LogP contribution in [0.3, 0.4) is 0 Å². The highest BCUT2D eigenvalue weighted by molar-refractivity contribution is 8.10. The van der Waals surface area contributed by atoms with Crippen LogP contribution < -0.4 is 5.73 Å². The first-order chi connectivity index (χ1) is 11.9. The van der Waals surface area contributed by atoms with Crippen molar-refractivity contribution in [2.24, 2.45) is 0 Å². The summed E-state index contributed by atoms with van der Waals surface area (Å²) < 4.78 is 0. The average Bonchev–Trinajstić information content (AvgIpc) is 3.05. The van der Waals surface area contributed by atoms with Gasteiger partial charge in [0.25, 0.3) is 0 Å². The Kier molecular flexibility index (Phi) is 5.19. The molecule has 3 rings (SSSR count). The Morgan fingerprint density at radius 2 is 2.00 bits per heavy atom. The predicted molar refractivity (Wildman–Crippen MR) is 114 cm³/mol. The van der Waals surface area contributed by atoms with E-state index >= 15 is 0 Å². The summed E-state index contributed by atoms with van der Waals surface area (Å²) in [4.78, 5) is 1.09. The molecule has 128 valence electrons. The fourth-order valence-corrected chi connectivity index (χ4v) is 3.78. The molecule has 1 nitrogen and oxygen atoms in total. The van der Waals surface area contributed by atoms with E-state index in [1.54, 1.807) is 11.8 Å². The molecule has 2 heteroatoms. The number of nitrogen functional groups attached to an aromatic ring is 1. The van der Waals surface area contributed by atoms with Crippen LogP contribution in [-0.2, 0) is 12.8 Å². The third-order valence-electron chi connectivity index (χ3n) is 4.70. The Bertz CT molecular complexity index is 887. The van der Waals surface area contributed by atoms with Gasteiger partial charge < -0.3 is 5.73 Å². The number of anilines is 1. The quantitative estimate of drug-likeness (QED) is 0.642. The van der Waals surface area contributed by atoms with Gasteiger partial charge in [-0.05, 0) is 84.5 Å². The Morgan fingerprint density at radius 1 is 1.20 bits per heavy atom. The lowest BCUT2D eigenvalue weighted by molar-refractivity contribution is 1.11. The zero-order chi connectivity index (χ0) is 18.0. The van der Waals surface area contributed by atoms with Gasteiger partial charge in [0, 0.05) is 10.6 Å². The number of nitrogens with two attached hydrogens (primary N) is 1. The van der Waals surface area contributed by atoms with Gasteiger partial charge in [-0.2, -0.15) is 0 Å². The molecule has 0 unspecified atom stereocenters. The summed E-state index contributed by atoms with van der Waals surface area (Å²) in [5, 5.41) is 2.22. The second kappa shape index (κ2) is 7.37. The molecule has 0 spiro atoms. The van der Waals surface area contributed by atoms with Crippen LogP contribution in [0.4, 0.5) is 5.69 Å². The van der Waals surface area contributed by atoms with E-state index in [0.29, 0.717) is 0 Å². The highest BCUT2D eigenvalue weighted by Gasteiger charge is 2.08. The molecule has 0 aliphatic heterocycles. The van der Waals surface area contributed by atoms with E-state index in [1.807, 2.05) is 0 Å². The first-order valence-electron chi connectivity index (χ1n) is 8.60. The van der Waals surface area contributed by atoms with Crippen molar-refractivity contribution in [1.82, 2.24) is 0 Å². The molecule has 25 heavy (non-hydrogen) atoms. The van der Waals surface area contributed by atoms with Crippen LogP contribution >= 0.6 is 11.8 Å². The van der Waals surface area contributed by atoms with Gasteiger partial charge in [-0.3, -0.25) is 0 Å². The summed E-state index contributed by atoms with van der Waals surface area (Å²) in [5.41, 5.74) is 15.9. The molecule has 2 aromatic rings. The summed E-state index contributed by atoms with van der Waals surface area (Å²) in [6.45, 7) is 10.6. The molecule has 0 aromatic heterocycles. The maximum Gasteiger partial charge on any atom is 0.0346 e. The molecule has 0 fully saturated rings. The van der Waals surface area contributed by atoms with Crippen LogP contribution in [0.1, 0.15) is 40.3 Å². The van der Waals surface area contributed by atoms with Gasteiger partial charge in [-0.25, -0.2) is 0 Å². The minimum atomic E-state index is 0.872. The lowest BCUT2D eigenvalue weighted by atomic mass is 9.99. The van der Waals surface area contributed by atoms with Crippen molar-refractivity contribution in [3.63, 3.8) is 0 Å². The second-order valence-electron chi connectivity index (χ2n) is 6.84. The number of hydrogen-bond acceptors (Lipinski definition) is 2. The van der Waals surface area contributed by atoms with Crippen molar-refractivity contribution in [1.29, 1.82) is 0 Å². The first kappa shape index (κ1) is 17.6. The topological polar surface area (TPSA) is 26.0 Å². The molecular weight excluding hydrogens is 322 g/mol. The number of allylic oxidation sites excluding steroid dienone is 2. The molecule has 0 radical (unpaired) electrons. The van der Waals surface area contributed by atoms with Crippen molar-refractivity contribution in [2.45, 2.75) is 33.6 Å². The third-order valence-corrected chi connectivity index (χ3v) is 5.74. The van der Waals surface area contributed by atoms with Gasteiger partial charge in [0.15, 0.2) is 0 Å². The fourth-order valence-electron chi connectivity index (χ4n) is 3.09. The lowest BCUT2D eigenvalue weighted by Gasteiger charge is -2.11. The van der Waals surface area contributed by atoms with Gasteiger partial charge in [-0.15, -0.1) is 0 Å². The Labute approximate surface area is 155 Å². The highest BCUT2D eigenvalue weighted by Crippen LogP contribution is 2.31. The monoisotopic (exact) mass is 347 g/mol. The zero-order valence-electron chi connectivity index (χ0n) is 15.2. The normalized spacial score (nSPS) is 13.2. The molecule has 2 N–H and O–H groups in total. The second-order valence-corrected chi connectivity index (χ2v) is 7.80. The number of benzene rings is 2. The largest absolute Gasteiger partial charge is 0.399 e. The predicted octanol–water partition coefficient (Wildman–Crippen LogP) is 6.31.